The predicted octanol–water partition coefficient (Wildman–Crippen LogP) is 4.10. The molecule has 4 heteroatoms. The van der Waals surface area contributed by atoms with E-state index < -0.39 is 0 Å². The Morgan fingerprint density at radius 1 is 1.04 bits per heavy atom. The second-order valence-corrected chi connectivity index (χ2v) is 7.85. The molecule has 27 heavy (non-hydrogen) atoms. The molecule has 1 saturated heterocycles. The van der Waals surface area contributed by atoms with Crippen LogP contribution in [-0.4, -0.2) is 28.8 Å². The number of H-pyrrole nitrogens is 1. The normalized spacial score (nSPS) is 15.1. The van der Waals surface area contributed by atoms with Crippen molar-refractivity contribution >= 4 is 5.78 Å². The van der Waals surface area contributed by atoms with Gasteiger partial charge in [0.15, 0.2) is 5.78 Å². The van der Waals surface area contributed by atoms with Gasteiger partial charge in [-0.05, 0) is 75.9 Å². The number of Topliss-reactive ketones (excluding diaryl/α,β-unsaturated/α-hetero) is 1. The first kappa shape index (κ1) is 19.6. The molecule has 0 spiro atoms. The summed E-state index contributed by atoms with van der Waals surface area (Å²) < 4.78 is 0. The van der Waals surface area contributed by atoms with E-state index in [0.29, 0.717) is 18.4 Å². The Morgan fingerprint density at radius 3 is 2.44 bits per heavy atom. The van der Waals surface area contributed by atoms with E-state index in [1.807, 2.05) is 32.9 Å². The Labute approximate surface area is 161 Å². The molecular formula is C23H30N2O2. The fraction of sp³-hybridized carbons (Fsp3) is 0.478. The molecule has 2 aromatic rings. The highest BCUT2D eigenvalue weighted by atomic mass is 16.1. The third-order valence-electron chi connectivity index (χ3n) is 5.54. The van der Waals surface area contributed by atoms with Crippen LogP contribution in [0.4, 0.5) is 0 Å². The molecule has 1 aliphatic rings. The number of aromatic amines is 1. The lowest BCUT2D eigenvalue weighted by Crippen LogP contribution is -2.29. The molecule has 1 N–H and O–H groups in total. The fourth-order valence-electron chi connectivity index (χ4n) is 4.08. The standard InChI is InChI=1S/C23H30N2O2/c1-16-13-18(3)24-23(27)21(16)9-10-22(26)20-8-7-19(14-17(20)2)15-25-11-5-4-6-12-25/h7-8,13-14H,4-6,9-12,15H2,1-3H3,(H,24,27). The topological polar surface area (TPSA) is 53.2 Å². The lowest BCUT2D eigenvalue weighted by Gasteiger charge is -2.26. The number of piperidine rings is 1. The van der Waals surface area contributed by atoms with Crippen LogP contribution >= 0.6 is 0 Å². The quantitative estimate of drug-likeness (QED) is 0.783. The van der Waals surface area contributed by atoms with Gasteiger partial charge in [0, 0.05) is 29.8 Å². The Hall–Kier alpha value is -2.20. The van der Waals surface area contributed by atoms with Gasteiger partial charge in [-0.3, -0.25) is 14.5 Å². The summed E-state index contributed by atoms with van der Waals surface area (Å²) in [5, 5.41) is 0. The summed E-state index contributed by atoms with van der Waals surface area (Å²) in [5.74, 6) is 0.108. The average molecular weight is 367 g/mol. The van der Waals surface area contributed by atoms with Crippen LogP contribution in [-0.2, 0) is 13.0 Å². The summed E-state index contributed by atoms with van der Waals surface area (Å²) in [7, 11) is 0. The van der Waals surface area contributed by atoms with Crippen LogP contribution in [0.15, 0.2) is 29.1 Å². The number of likely N-dealkylation sites (tertiary alicyclic amines) is 1. The molecular weight excluding hydrogens is 336 g/mol. The first-order valence-electron chi connectivity index (χ1n) is 9.98. The molecule has 1 aromatic carbocycles. The maximum atomic E-state index is 12.7. The number of aryl methyl sites for hydroxylation is 3. The van der Waals surface area contributed by atoms with Gasteiger partial charge in [-0.1, -0.05) is 24.6 Å². The third kappa shape index (κ3) is 4.95. The lowest BCUT2D eigenvalue weighted by molar-refractivity contribution is 0.0982. The number of nitrogens with zero attached hydrogens (tertiary/aromatic N) is 1. The Balaban J connectivity index is 1.65. The zero-order valence-electron chi connectivity index (χ0n) is 16.7. The molecule has 2 heterocycles. The van der Waals surface area contributed by atoms with Crippen molar-refractivity contribution in [2.75, 3.05) is 13.1 Å². The number of ketones is 1. The summed E-state index contributed by atoms with van der Waals surface area (Å²) in [6, 6.07) is 8.15. The molecule has 0 saturated carbocycles. The molecule has 0 atom stereocenters. The molecule has 0 aliphatic carbocycles. The minimum atomic E-state index is -0.0751. The molecule has 0 unspecified atom stereocenters. The summed E-state index contributed by atoms with van der Waals surface area (Å²) in [6.07, 6.45) is 4.75. The van der Waals surface area contributed by atoms with Crippen molar-refractivity contribution in [2.45, 2.75) is 59.4 Å². The molecule has 3 rings (SSSR count). The molecule has 1 aliphatic heterocycles. The van der Waals surface area contributed by atoms with Crippen molar-refractivity contribution in [3.05, 3.63) is 68.1 Å². The zero-order chi connectivity index (χ0) is 19.4. The number of carbonyl (C=O) groups is 1. The van der Waals surface area contributed by atoms with Crippen molar-refractivity contribution in [1.82, 2.24) is 9.88 Å². The van der Waals surface area contributed by atoms with Crippen LogP contribution < -0.4 is 5.56 Å². The van der Waals surface area contributed by atoms with Crippen LogP contribution in [0.3, 0.4) is 0 Å². The monoisotopic (exact) mass is 366 g/mol. The largest absolute Gasteiger partial charge is 0.326 e. The van der Waals surface area contributed by atoms with Crippen LogP contribution in [0.25, 0.3) is 0 Å². The van der Waals surface area contributed by atoms with Crippen molar-refractivity contribution in [1.29, 1.82) is 0 Å². The summed E-state index contributed by atoms with van der Waals surface area (Å²) >= 11 is 0. The second kappa shape index (κ2) is 8.66. The van der Waals surface area contributed by atoms with Gasteiger partial charge in [0.05, 0.1) is 0 Å². The number of pyridine rings is 1. The van der Waals surface area contributed by atoms with Gasteiger partial charge in [-0.15, -0.1) is 0 Å². The van der Waals surface area contributed by atoms with E-state index in [1.165, 1.54) is 37.9 Å². The van der Waals surface area contributed by atoms with Crippen molar-refractivity contribution < 1.29 is 4.79 Å². The fourth-order valence-corrected chi connectivity index (χ4v) is 4.08. The van der Waals surface area contributed by atoms with E-state index in [4.69, 9.17) is 0 Å². The minimum Gasteiger partial charge on any atom is -0.326 e. The zero-order valence-corrected chi connectivity index (χ0v) is 16.7. The first-order valence-corrected chi connectivity index (χ1v) is 9.98. The maximum Gasteiger partial charge on any atom is 0.251 e. The number of hydrogen-bond donors (Lipinski definition) is 1. The molecule has 144 valence electrons. The highest BCUT2D eigenvalue weighted by Crippen LogP contribution is 2.18. The van der Waals surface area contributed by atoms with E-state index in [2.05, 4.69) is 22.0 Å². The maximum absolute atomic E-state index is 12.7. The van der Waals surface area contributed by atoms with Crippen molar-refractivity contribution in [2.24, 2.45) is 0 Å². The molecule has 0 radical (unpaired) electrons. The van der Waals surface area contributed by atoms with E-state index in [9.17, 15) is 9.59 Å². The Morgan fingerprint density at radius 2 is 1.78 bits per heavy atom. The molecule has 1 aromatic heterocycles. The van der Waals surface area contributed by atoms with Crippen LogP contribution in [0.2, 0.25) is 0 Å². The predicted molar refractivity (Wildman–Crippen MR) is 109 cm³/mol. The number of benzene rings is 1. The third-order valence-corrected chi connectivity index (χ3v) is 5.54. The lowest BCUT2D eigenvalue weighted by atomic mass is 9.96. The van der Waals surface area contributed by atoms with Crippen molar-refractivity contribution in [3.8, 4) is 0 Å². The van der Waals surface area contributed by atoms with Gasteiger partial charge in [0.2, 0.25) is 0 Å². The molecule has 0 bridgehead atoms. The van der Waals surface area contributed by atoms with Crippen molar-refractivity contribution in [3.63, 3.8) is 0 Å². The highest BCUT2D eigenvalue weighted by molar-refractivity contribution is 5.97. The van der Waals surface area contributed by atoms with Gasteiger partial charge in [-0.2, -0.15) is 0 Å². The Bertz CT molecular complexity index is 876. The number of aromatic nitrogens is 1. The first-order chi connectivity index (χ1) is 12.9. The molecule has 4 nitrogen and oxygen atoms in total. The second-order valence-electron chi connectivity index (χ2n) is 7.85. The van der Waals surface area contributed by atoms with Gasteiger partial charge in [0.25, 0.3) is 5.56 Å². The highest BCUT2D eigenvalue weighted by Gasteiger charge is 2.14. The van der Waals surface area contributed by atoms with Gasteiger partial charge in [-0.25, -0.2) is 0 Å². The number of nitrogens with one attached hydrogen (secondary N) is 1. The average Bonchev–Trinajstić information content (AvgIpc) is 2.61. The van der Waals surface area contributed by atoms with E-state index in [1.54, 1.807) is 0 Å². The van der Waals surface area contributed by atoms with E-state index in [-0.39, 0.29) is 11.3 Å². The van der Waals surface area contributed by atoms with E-state index >= 15 is 0 Å². The number of carbonyl (C=O) groups excluding carboxylic acids is 1. The smallest absolute Gasteiger partial charge is 0.251 e. The van der Waals surface area contributed by atoms with E-state index in [0.717, 1.165) is 28.9 Å². The summed E-state index contributed by atoms with van der Waals surface area (Å²) in [4.78, 5) is 30.2. The minimum absolute atomic E-state index is 0.0751. The number of rotatable bonds is 6. The SMILES string of the molecule is Cc1cc(C)c(CCC(=O)c2ccc(CN3CCCCC3)cc2C)c(=O)[nH]1. The summed E-state index contributed by atoms with van der Waals surface area (Å²) in [6.45, 7) is 9.12. The number of hydrogen-bond acceptors (Lipinski definition) is 3. The van der Waals surface area contributed by atoms with Crippen LogP contribution in [0.1, 0.15) is 64.0 Å². The molecule has 0 amide bonds. The molecule has 1 fully saturated rings. The summed E-state index contributed by atoms with van der Waals surface area (Å²) in [5.41, 5.74) is 5.53. The van der Waals surface area contributed by atoms with Gasteiger partial charge < -0.3 is 4.98 Å². The Kier molecular flexibility index (Phi) is 6.27. The van der Waals surface area contributed by atoms with Gasteiger partial charge in [0.1, 0.15) is 0 Å². The van der Waals surface area contributed by atoms with Gasteiger partial charge >= 0.3 is 0 Å². The van der Waals surface area contributed by atoms with Crippen LogP contribution in [0, 0.1) is 20.8 Å². The van der Waals surface area contributed by atoms with Crippen LogP contribution in [0.5, 0.6) is 0 Å².